The summed E-state index contributed by atoms with van der Waals surface area (Å²) in [6.45, 7) is 9.92. The van der Waals surface area contributed by atoms with E-state index in [0.29, 0.717) is 56.6 Å². The molecule has 0 spiro atoms. The quantitative estimate of drug-likeness (QED) is 0.205. The number of hydrogen-bond acceptors (Lipinski definition) is 9. The molecule has 0 fully saturated rings. The molecule has 1 aromatic carbocycles. The lowest BCUT2D eigenvalue weighted by Gasteiger charge is -2.28. The summed E-state index contributed by atoms with van der Waals surface area (Å²) < 4.78 is 5.63. The zero-order valence-corrected chi connectivity index (χ0v) is 28.7. The third kappa shape index (κ3) is 16.0. The van der Waals surface area contributed by atoms with E-state index in [1.165, 1.54) is 6.92 Å². The molecule has 48 heavy (non-hydrogen) atoms. The lowest BCUT2D eigenvalue weighted by Crippen LogP contribution is -2.57. The molecule has 270 valence electrons. The molecule has 15 nitrogen and oxygen atoms in total. The minimum Gasteiger partial charge on any atom is -0.484 e. The highest BCUT2D eigenvalue weighted by Crippen LogP contribution is 2.15. The molecule has 15 heteroatoms. The maximum Gasteiger partial charge on any atom is 0.290 e. The van der Waals surface area contributed by atoms with E-state index in [-0.39, 0.29) is 49.7 Å². The number of amides is 5. The smallest absolute Gasteiger partial charge is 0.290 e. The Hall–Kier alpha value is -4.24. The molecule has 0 radical (unpaired) electrons. The van der Waals surface area contributed by atoms with E-state index in [0.717, 1.165) is 0 Å². The van der Waals surface area contributed by atoms with Crippen LogP contribution in [0.1, 0.15) is 65.9 Å². The fourth-order valence-corrected chi connectivity index (χ4v) is 4.81. The van der Waals surface area contributed by atoms with Crippen LogP contribution < -0.4 is 31.7 Å². The number of nitrogens with zero attached hydrogens (tertiary/aromatic N) is 1. The molecule has 0 unspecified atom stereocenters. The minimum atomic E-state index is -1.22. The van der Waals surface area contributed by atoms with Crippen molar-refractivity contribution in [2.75, 3.05) is 32.8 Å². The Kier molecular flexibility index (Phi) is 19.5. The number of nitrogens with two attached hydrogens (primary N) is 1. The van der Waals surface area contributed by atoms with E-state index >= 15 is 0 Å². The van der Waals surface area contributed by atoms with Gasteiger partial charge in [0.25, 0.3) is 12.4 Å². The summed E-state index contributed by atoms with van der Waals surface area (Å²) in [5.41, 5.74) is 6.76. The standard InChI is InChI=1S/C32H52N6O7.CH2O2/c1-20(2)16-25-30(42)37-29(22(5)39)31(43)35-12-6-7-14-38(32(44)28(33)21(3)4)15-9-13-34-27(41)19-45-24-11-8-10-23(17-24)18-26(40)36-25;2-1-3/h8,10-11,17,20-22,25,28-29,39H,6-7,9,12-16,18-19,33H2,1-5H3,(H,34,41)(H,35,43)(H,36,40)(H,37,42);1H,(H,2,3)/t22-,25-,28+,29+;/m1./s1. The molecule has 8 N–H and O–H groups in total. The molecule has 1 aliphatic heterocycles. The van der Waals surface area contributed by atoms with Crippen LogP contribution in [-0.4, -0.2) is 108 Å². The fraction of sp³-hybridized carbons (Fsp3) is 0.636. The summed E-state index contributed by atoms with van der Waals surface area (Å²) >= 11 is 0. The van der Waals surface area contributed by atoms with Crippen LogP contribution in [-0.2, 0) is 35.2 Å². The van der Waals surface area contributed by atoms with Gasteiger partial charge in [-0.3, -0.25) is 28.8 Å². The third-order valence-electron chi connectivity index (χ3n) is 7.45. The average molecular weight is 679 g/mol. The largest absolute Gasteiger partial charge is 0.484 e. The Morgan fingerprint density at radius 2 is 1.62 bits per heavy atom. The van der Waals surface area contributed by atoms with E-state index in [9.17, 15) is 29.1 Å². The second-order valence-corrected chi connectivity index (χ2v) is 12.5. The van der Waals surface area contributed by atoms with Crippen LogP contribution in [0.15, 0.2) is 24.3 Å². The molecule has 0 aliphatic carbocycles. The van der Waals surface area contributed by atoms with Crippen molar-refractivity contribution < 1.29 is 43.7 Å². The molecular formula is C33H54N6O9. The molecular weight excluding hydrogens is 624 g/mol. The molecule has 1 aliphatic rings. The van der Waals surface area contributed by atoms with Gasteiger partial charge in [0.2, 0.25) is 23.6 Å². The van der Waals surface area contributed by atoms with Crippen LogP contribution in [0.5, 0.6) is 5.75 Å². The van der Waals surface area contributed by atoms with Gasteiger partial charge in [-0.25, -0.2) is 0 Å². The monoisotopic (exact) mass is 678 g/mol. The molecule has 2 rings (SSSR count). The molecule has 2 bridgehead atoms. The van der Waals surface area contributed by atoms with Crippen LogP contribution in [0, 0.1) is 11.8 Å². The van der Waals surface area contributed by atoms with E-state index in [1.807, 2.05) is 27.7 Å². The molecule has 0 aromatic heterocycles. The maximum absolute atomic E-state index is 13.3. The number of benzene rings is 1. The van der Waals surface area contributed by atoms with Crippen LogP contribution in [0.2, 0.25) is 0 Å². The van der Waals surface area contributed by atoms with E-state index < -0.39 is 42.0 Å². The van der Waals surface area contributed by atoms with Crippen molar-refractivity contribution in [1.29, 1.82) is 0 Å². The molecule has 4 atom stereocenters. The zero-order valence-electron chi connectivity index (χ0n) is 28.7. The Labute approximate surface area is 282 Å². The third-order valence-corrected chi connectivity index (χ3v) is 7.45. The van der Waals surface area contributed by atoms with Crippen LogP contribution in [0.4, 0.5) is 0 Å². The fourth-order valence-electron chi connectivity index (χ4n) is 4.81. The second-order valence-electron chi connectivity index (χ2n) is 12.5. The summed E-state index contributed by atoms with van der Waals surface area (Å²) in [5.74, 6) is -1.61. The Morgan fingerprint density at radius 1 is 0.979 bits per heavy atom. The van der Waals surface area contributed by atoms with Crippen LogP contribution >= 0.6 is 0 Å². The maximum atomic E-state index is 13.3. The summed E-state index contributed by atoms with van der Waals surface area (Å²) in [6, 6.07) is 3.96. The number of aliphatic hydroxyl groups excluding tert-OH is 1. The first-order valence-corrected chi connectivity index (χ1v) is 16.4. The predicted molar refractivity (Wildman–Crippen MR) is 179 cm³/mol. The Balaban J connectivity index is 0.00000369. The number of rotatable bonds is 5. The predicted octanol–water partition coefficient (Wildman–Crippen LogP) is -0.0666. The van der Waals surface area contributed by atoms with Crippen molar-refractivity contribution >= 4 is 36.0 Å². The molecule has 1 aromatic rings. The molecule has 5 amide bonds. The highest BCUT2D eigenvalue weighted by molar-refractivity contribution is 5.92. The van der Waals surface area contributed by atoms with Gasteiger partial charge in [-0.05, 0) is 62.1 Å². The normalized spacial score (nSPS) is 20.7. The SMILES string of the molecule is CC(C)C[C@H]1NC(=O)Cc2cccc(c2)OCC(=O)NCCCN(C(=O)[C@@H](N)C(C)C)CCCCNC(=O)[C@H]([C@@H](C)O)NC1=O.O=CO. The first-order valence-electron chi connectivity index (χ1n) is 16.4. The van der Waals surface area contributed by atoms with Crippen molar-refractivity contribution in [2.45, 2.75) is 91.0 Å². The number of aliphatic hydroxyl groups is 1. The van der Waals surface area contributed by atoms with E-state index in [4.69, 9.17) is 20.4 Å². The summed E-state index contributed by atoms with van der Waals surface area (Å²) in [7, 11) is 0. The van der Waals surface area contributed by atoms with Crippen molar-refractivity contribution in [1.82, 2.24) is 26.2 Å². The summed E-state index contributed by atoms with van der Waals surface area (Å²) in [6.07, 6.45) is 0.715. The number of ether oxygens (including phenoxy) is 1. The van der Waals surface area contributed by atoms with Crippen molar-refractivity contribution in [3.63, 3.8) is 0 Å². The molecule has 0 saturated heterocycles. The van der Waals surface area contributed by atoms with Crippen LogP contribution in [0.3, 0.4) is 0 Å². The van der Waals surface area contributed by atoms with Crippen molar-refractivity contribution in [3.05, 3.63) is 29.8 Å². The Morgan fingerprint density at radius 3 is 2.25 bits per heavy atom. The molecule has 0 saturated carbocycles. The van der Waals surface area contributed by atoms with Crippen molar-refractivity contribution in [2.24, 2.45) is 17.6 Å². The number of carboxylic acid groups (broad SMARTS) is 1. The first-order chi connectivity index (χ1) is 22.7. The lowest BCUT2D eigenvalue weighted by molar-refractivity contribution is -0.134. The number of carbonyl (C=O) groups is 6. The van der Waals surface area contributed by atoms with Gasteiger partial charge in [0.15, 0.2) is 6.61 Å². The highest BCUT2D eigenvalue weighted by Gasteiger charge is 2.30. The van der Waals surface area contributed by atoms with Gasteiger partial charge in [-0.15, -0.1) is 0 Å². The summed E-state index contributed by atoms with van der Waals surface area (Å²) in [5, 5.41) is 28.1. The minimum absolute atomic E-state index is 0.0404. The van der Waals surface area contributed by atoms with Crippen molar-refractivity contribution in [3.8, 4) is 5.75 Å². The number of fused-ring (bicyclic) bond motifs is 2. The topological polar surface area (TPSA) is 229 Å². The van der Waals surface area contributed by atoms with E-state index in [1.54, 1.807) is 29.2 Å². The van der Waals surface area contributed by atoms with Gasteiger partial charge < -0.3 is 46.9 Å². The van der Waals surface area contributed by atoms with Gasteiger partial charge in [-0.2, -0.15) is 0 Å². The first kappa shape index (κ1) is 41.8. The van der Waals surface area contributed by atoms with Gasteiger partial charge in [0, 0.05) is 26.2 Å². The van der Waals surface area contributed by atoms with E-state index in [2.05, 4.69) is 21.3 Å². The number of carbonyl (C=O) groups excluding carboxylic acids is 5. The Bertz CT molecular complexity index is 1190. The average Bonchev–Trinajstić information content (AvgIpc) is 3.01. The van der Waals surface area contributed by atoms with Gasteiger partial charge in [-0.1, -0.05) is 39.8 Å². The number of nitrogens with one attached hydrogen (secondary N) is 4. The van der Waals surface area contributed by atoms with Gasteiger partial charge in [0.05, 0.1) is 18.6 Å². The van der Waals surface area contributed by atoms with Crippen LogP contribution in [0.25, 0.3) is 0 Å². The van der Waals surface area contributed by atoms with Gasteiger partial charge >= 0.3 is 0 Å². The lowest BCUT2D eigenvalue weighted by atomic mass is 10.0. The highest BCUT2D eigenvalue weighted by atomic mass is 16.5. The second kappa shape index (κ2) is 22.4. The zero-order chi connectivity index (χ0) is 36.2. The molecule has 1 heterocycles. The number of hydrogen-bond donors (Lipinski definition) is 7. The van der Waals surface area contributed by atoms with Gasteiger partial charge in [0.1, 0.15) is 17.8 Å². The summed E-state index contributed by atoms with van der Waals surface area (Å²) in [4.78, 5) is 74.7.